The number of phenols is 1. The summed E-state index contributed by atoms with van der Waals surface area (Å²) in [5.41, 5.74) is 0.0474. The van der Waals surface area contributed by atoms with Gasteiger partial charge in [-0.1, -0.05) is 6.07 Å². The lowest BCUT2D eigenvalue weighted by atomic mass is 10.1. The van der Waals surface area contributed by atoms with Crippen molar-refractivity contribution in [1.29, 1.82) is 0 Å². The zero-order valence-corrected chi connectivity index (χ0v) is 12.2. The van der Waals surface area contributed by atoms with Crippen molar-refractivity contribution in [2.45, 2.75) is 0 Å². The topological polar surface area (TPSA) is 50.2 Å². The van der Waals surface area contributed by atoms with Crippen molar-refractivity contribution in [1.82, 2.24) is 4.98 Å². The molecule has 2 heterocycles. The summed E-state index contributed by atoms with van der Waals surface area (Å²) in [7, 11) is 0. The summed E-state index contributed by atoms with van der Waals surface area (Å²) < 4.78 is 40.2. The standard InChI is InChI=1S/C16H8F3NO2S/c17-10-6-9(13(18)16(22)14(10)19)15(21)12-4-3-11(23-12)8-2-1-5-20-7-8/h1-7,22H. The molecule has 7 heteroatoms. The quantitative estimate of drug-likeness (QED) is 0.577. The molecule has 0 aliphatic carbocycles. The van der Waals surface area contributed by atoms with Gasteiger partial charge < -0.3 is 5.11 Å². The zero-order valence-electron chi connectivity index (χ0n) is 11.4. The van der Waals surface area contributed by atoms with E-state index >= 15 is 0 Å². The number of ketones is 1. The molecule has 3 aromatic rings. The van der Waals surface area contributed by atoms with Gasteiger partial charge in [0.1, 0.15) is 0 Å². The first-order valence-corrected chi connectivity index (χ1v) is 7.22. The third-order valence-corrected chi connectivity index (χ3v) is 4.29. The summed E-state index contributed by atoms with van der Waals surface area (Å²) in [4.78, 5) is 17.1. The van der Waals surface area contributed by atoms with Crippen molar-refractivity contribution in [2.75, 3.05) is 0 Å². The van der Waals surface area contributed by atoms with E-state index in [9.17, 15) is 23.1 Å². The minimum Gasteiger partial charge on any atom is -0.503 e. The first-order valence-electron chi connectivity index (χ1n) is 6.40. The lowest BCUT2D eigenvalue weighted by Crippen LogP contribution is -2.05. The van der Waals surface area contributed by atoms with E-state index < -0.39 is 34.5 Å². The van der Waals surface area contributed by atoms with Crippen LogP contribution in [0, 0.1) is 17.5 Å². The number of carbonyl (C=O) groups excluding carboxylic acids is 1. The van der Waals surface area contributed by atoms with Crippen molar-refractivity contribution in [3.8, 4) is 16.2 Å². The van der Waals surface area contributed by atoms with Crippen LogP contribution in [0.5, 0.6) is 5.75 Å². The van der Waals surface area contributed by atoms with Gasteiger partial charge in [0.25, 0.3) is 0 Å². The molecule has 0 spiro atoms. The van der Waals surface area contributed by atoms with Crippen LogP contribution < -0.4 is 0 Å². The number of carbonyl (C=O) groups is 1. The maximum absolute atomic E-state index is 13.8. The summed E-state index contributed by atoms with van der Waals surface area (Å²) in [5.74, 6) is -7.03. The third-order valence-electron chi connectivity index (χ3n) is 3.15. The van der Waals surface area contributed by atoms with Crippen LogP contribution in [0.1, 0.15) is 15.2 Å². The summed E-state index contributed by atoms with van der Waals surface area (Å²) >= 11 is 1.06. The lowest BCUT2D eigenvalue weighted by molar-refractivity contribution is 0.103. The molecule has 0 aliphatic heterocycles. The van der Waals surface area contributed by atoms with Gasteiger partial charge in [0.05, 0.1) is 10.4 Å². The first-order chi connectivity index (χ1) is 11.0. The molecule has 0 atom stereocenters. The Morgan fingerprint density at radius 2 is 1.91 bits per heavy atom. The van der Waals surface area contributed by atoms with Crippen LogP contribution in [0.4, 0.5) is 13.2 Å². The zero-order chi connectivity index (χ0) is 16.6. The van der Waals surface area contributed by atoms with E-state index in [2.05, 4.69) is 4.98 Å². The van der Waals surface area contributed by atoms with Gasteiger partial charge in [-0.25, -0.2) is 8.78 Å². The van der Waals surface area contributed by atoms with Gasteiger partial charge in [0, 0.05) is 22.8 Å². The predicted molar refractivity (Wildman–Crippen MR) is 79.0 cm³/mol. The van der Waals surface area contributed by atoms with E-state index in [0.29, 0.717) is 10.9 Å². The van der Waals surface area contributed by atoms with Crippen LogP contribution in [0.25, 0.3) is 10.4 Å². The fourth-order valence-electron chi connectivity index (χ4n) is 2.01. The van der Waals surface area contributed by atoms with E-state index in [1.165, 1.54) is 6.07 Å². The predicted octanol–water partition coefficient (Wildman–Crippen LogP) is 4.16. The van der Waals surface area contributed by atoms with Gasteiger partial charge in [-0.05, 0) is 24.3 Å². The Morgan fingerprint density at radius 1 is 1.13 bits per heavy atom. The molecule has 0 radical (unpaired) electrons. The van der Waals surface area contributed by atoms with E-state index in [1.54, 1.807) is 30.6 Å². The van der Waals surface area contributed by atoms with Crippen molar-refractivity contribution in [2.24, 2.45) is 0 Å². The van der Waals surface area contributed by atoms with Crippen LogP contribution >= 0.6 is 11.3 Å². The molecular weight excluding hydrogens is 327 g/mol. The fourth-order valence-corrected chi connectivity index (χ4v) is 2.96. The summed E-state index contributed by atoms with van der Waals surface area (Å²) in [6, 6.07) is 7.05. The van der Waals surface area contributed by atoms with Crippen LogP contribution in [0.2, 0.25) is 0 Å². The number of hydrogen-bond donors (Lipinski definition) is 1. The number of rotatable bonds is 3. The number of phenolic OH excluding ortho intramolecular Hbond substituents is 1. The molecule has 116 valence electrons. The van der Waals surface area contributed by atoms with Gasteiger partial charge in [0.15, 0.2) is 17.4 Å². The molecule has 1 N–H and O–H groups in total. The molecule has 0 aliphatic rings. The van der Waals surface area contributed by atoms with Gasteiger partial charge in [0.2, 0.25) is 11.6 Å². The van der Waals surface area contributed by atoms with Crippen molar-refractivity contribution < 1.29 is 23.1 Å². The average Bonchev–Trinajstić information content (AvgIpc) is 3.06. The van der Waals surface area contributed by atoms with E-state index in [1.807, 2.05) is 0 Å². The molecule has 0 saturated carbocycles. The van der Waals surface area contributed by atoms with E-state index in [4.69, 9.17) is 0 Å². The van der Waals surface area contributed by atoms with Crippen LogP contribution in [0.3, 0.4) is 0 Å². The molecule has 3 nitrogen and oxygen atoms in total. The Kier molecular flexibility index (Phi) is 3.87. The normalized spacial score (nSPS) is 10.7. The number of pyridine rings is 1. The molecule has 0 bridgehead atoms. The van der Waals surface area contributed by atoms with Crippen molar-refractivity contribution in [3.63, 3.8) is 0 Å². The molecule has 2 aromatic heterocycles. The number of thiophene rings is 1. The minimum atomic E-state index is -1.72. The van der Waals surface area contributed by atoms with Gasteiger partial charge in [-0.2, -0.15) is 4.39 Å². The lowest BCUT2D eigenvalue weighted by Gasteiger charge is -2.04. The average molecular weight is 335 g/mol. The van der Waals surface area contributed by atoms with Crippen LogP contribution in [-0.2, 0) is 0 Å². The minimum absolute atomic E-state index is 0.133. The highest BCUT2D eigenvalue weighted by Crippen LogP contribution is 2.32. The molecule has 1 aromatic carbocycles. The summed E-state index contributed by atoms with van der Waals surface area (Å²) in [6.45, 7) is 0. The van der Waals surface area contributed by atoms with Gasteiger partial charge in [-0.3, -0.25) is 9.78 Å². The van der Waals surface area contributed by atoms with E-state index in [0.717, 1.165) is 16.9 Å². The second-order valence-electron chi connectivity index (χ2n) is 4.62. The monoisotopic (exact) mass is 335 g/mol. The van der Waals surface area contributed by atoms with Gasteiger partial charge >= 0.3 is 0 Å². The summed E-state index contributed by atoms with van der Waals surface area (Å²) in [6.07, 6.45) is 3.20. The second kappa shape index (κ2) is 5.85. The Morgan fingerprint density at radius 3 is 2.61 bits per heavy atom. The number of aromatic nitrogens is 1. The molecule has 23 heavy (non-hydrogen) atoms. The third kappa shape index (κ3) is 2.70. The van der Waals surface area contributed by atoms with Crippen molar-refractivity contribution >= 4 is 17.1 Å². The Labute approximate surface area is 132 Å². The SMILES string of the molecule is O=C(c1ccc(-c2cccnc2)s1)c1cc(F)c(F)c(O)c1F. The Hall–Kier alpha value is -2.67. The van der Waals surface area contributed by atoms with Gasteiger partial charge in [-0.15, -0.1) is 11.3 Å². The highest BCUT2D eigenvalue weighted by Gasteiger charge is 2.24. The highest BCUT2D eigenvalue weighted by atomic mass is 32.1. The molecule has 0 saturated heterocycles. The number of aromatic hydroxyl groups is 1. The molecule has 0 amide bonds. The maximum Gasteiger partial charge on any atom is 0.206 e. The van der Waals surface area contributed by atoms with Crippen LogP contribution in [-0.4, -0.2) is 15.9 Å². The van der Waals surface area contributed by atoms with E-state index in [-0.39, 0.29) is 4.88 Å². The summed E-state index contributed by atoms with van der Waals surface area (Å²) in [5, 5.41) is 9.20. The second-order valence-corrected chi connectivity index (χ2v) is 5.70. The number of benzene rings is 1. The Balaban J connectivity index is 2.01. The molecule has 0 unspecified atom stereocenters. The molecular formula is C16H8F3NO2S. The number of hydrogen-bond acceptors (Lipinski definition) is 4. The molecule has 3 rings (SSSR count). The van der Waals surface area contributed by atoms with Crippen LogP contribution in [0.15, 0.2) is 42.7 Å². The maximum atomic E-state index is 13.8. The van der Waals surface area contributed by atoms with Crippen molar-refractivity contribution in [3.05, 3.63) is 70.6 Å². The first kappa shape index (κ1) is 15.2. The molecule has 0 fully saturated rings. The Bertz CT molecular complexity index is 894. The number of nitrogens with zero attached hydrogens (tertiary/aromatic N) is 1. The smallest absolute Gasteiger partial charge is 0.206 e. The largest absolute Gasteiger partial charge is 0.503 e. The fraction of sp³-hybridized carbons (Fsp3) is 0. The highest BCUT2D eigenvalue weighted by molar-refractivity contribution is 7.17. The number of halogens is 3.